The number of benzene rings is 2. The molecule has 0 saturated carbocycles. The van der Waals surface area contributed by atoms with Gasteiger partial charge in [0.05, 0.1) is 5.56 Å². The van der Waals surface area contributed by atoms with E-state index < -0.39 is 0 Å². The van der Waals surface area contributed by atoms with Crippen LogP contribution in [0.25, 0.3) is 22.1 Å². The van der Waals surface area contributed by atoms with Crippen LogP contribution in [0.15, 0.2) is 63.5 Å². The molecule has 3 aromatic rings. The van der Waals surface area contributed by atoms with Crippen LogP contribution in [0, 0.1) is 0 Å². The summed E-state index contributed by atoms with van der Waals surface area (Å²) < 4.78 is 5.48. The molecular weight excluding hydrogens is 304 g/mol. The van der Waals surface area contributed by atoms with E-state index in [-0.39, 0.29) is 27.9 Å². The van der Waals surface area contributed by atoms with Gasteiger partial charge in [-0.15, -0.1) is 0 Å². The van der Waals surface area contributed by atoms with Crippen molar-refractivity contribution in [3.8, 4) is 22.6 Å². The van der Waals surface area contributed by atoms with Crippen LogP contribution in [-0.4, -0.2) is 10.2 Å². The molecule has 0 atom stereocenters. The Balaban J connectivity index is 2.27. The fourth-order valence-electron chi connectivity index (χ4n) is 2.62. The summed E-state index contributed by atoms with van der Waals surface area (Å²) in [5.41, 5.74) is 2.30. The largest absolute Gasteiger partial charge is 0.507 e. The monoisotopic (exact) mass is 322 g/mol. The average molecular weight is 322 g/mol. The summed E-state index contributed by atoms with van der Waals surface area (Å²) in [5, 5.41) is 20.8. The van der Waals surface area contributed by atoms with Crippen molar-refractivity contribution in [3.05, 3.63) is 70.1 Å². The van der Waals surface area contributed by atoms with Gasteiger partial charge in [0.15, 0.2) is 0 Å². The second kappa shape index (κ2) is 6.24. The van der Waals surface area contributed by atoms with Gasteiger partial charge in [-0.2, -0.15) is 0 Å². The quantitative estimate of drug-likeness (QED) is 0.702. The highest BCUT2D eigenvalue weighted by Gasteiger charge is 2.18. The third kappa shape index (κ3) is 2.78. The topological polar surface area (TPSA) is 70.7 Å². The molecule has 0 radical (unpaired) electrons. The molecule has 0 unspecified atom stereocenters. The Morgan fingerprint density at radius 2 is 1.88 bits per heavy atom. The molecule has 1 heterocycles. The van der Waals surface area contributed by atoms with Crippen molar-refractivity contribution in [2.45, 2.75) is 20.3 Å². The molecule has 0 aliphatic rings. The number of hydrogen-bond acceptors (Lipinski definition) is 4. The van der Waals surface area contributed by atoms with Gasteiger partial charge in [0.2, 0.25) is 5.43 Å². The van der Waals surface area contributed by atoms with Crippen molar-refractivity contribution in [1.82, 2.24) is 0 Å². The predicted molar refractivity (Wildman–Crippen MR) is 94.4 cm³/mol. The maximum absolute atomic E-state index is 12.8. The molecule has 0 amide bonds. The molecule has 2 aromatic carbocycles. The van der Waals surface area contributed by atoms with E-state index in [2.05, 4.69) is 0 Å². The lowest BCUT2D eigenvalue weighted by atomic mass is 10.0. The molecule has 0 aliphatic heterocycles. The van der Waals surface area contributed by atoms with Crippen LogP contribution in [0.4, 0.5) is 0 Å². The molecule has 0 bridgehead atoms. The average Bonchev–Trinajstić information content (AvgIpc) is 2.55. The minimum Gasteiger partial charge on any atom is -0.507 e. The van der Waals surface area contributed by atoms with Gasteiger partial charge in [-0.3, -0.25) is 4.79 Å². The number of hydrogen-bond donors (Lipinski definition) is 2. The van der Waals surface area contributed by atoms with Crippen LogP contribution in [0.3, 0.4) is 0 Å². The van der Waals surface area contributed by atoms with Crippen molar-refractivity contribution in [2.24, 2.45) is 0 Å². The van der Waals surface area contributed by atoms with E-state index in [4.69, 9.17) is 4.42 Å². The summed E-state index contributed by atoms with van der Waals surface area (Å²) in [6, 6.07) is 10.5. The smallest absolute Gasteiger partial charge is 0.204 e. The molecule has 4 nitrogen and oxygen atoms in total. The molecule has 1 aromatic heterocycles. The lowest BCUT2D eigenvalue weighted by Gasteiger charge is -2.09. The number of phenolic OH excluding ortho intramolecular Hbond substituents is 2. The lowest BCUT2D eigenvalue weighted by molar-refractivity contribution is 0.442. The molecule has 122 valence electrons. The van der Waals surface area contributed by atoms with E-state index in [1.807, 2.05) is 38.1 Å². The van der Waals surface area contributed by atoms with Gasteiger partial charge in [0, 0.05) is 11.6 Å². The predicted octanol–water partition coefficient (Wildman–Crippen LogP) is 4.38. The Bertz CT molecular complexity index is 978. The fraction of sp³-hybridized carbons (Fsp3) is 0.150. The van der Waals surface area contributed by atoms with Crippen LogP contribution in [0.5, 0.6) is 11.5 Å². The molecule has 4 heteroatoms. The maximum atomic E-state index is 12.8. The zero-order valence-corrected chi connectivity index (χ0v) is 13.5. The SMILES string of the molecule is CC(C)=CCc1c(O)cc2occ(-c3ccccc3)c(=O)c2c1O. The molecule has 2 N–H and O–H groups in total. The first-order chi connectivity index (χ1) is 11.5. The lowest BCUT2D eigenvalue weighted by Crippen LogP contribution is -2.06. The van der Waals surface area contributed by atoms with Crippen molar-refractivity contribution >= 4 is 11.0 Å². The summed E-state index contributed by atoms with van der Waals surface area (Å²) in [5.74, 6) is -0.317. The molecule has 0 aliphatic carbocycles. The van der Waals surface area contributed by atoms with Crippen LogP contribution in [0.2, 0.25) is 0 Å². The molecule has 0 spiro atoms. The second-order valence-electron chi connectivity index (χ2n) is 5.93. The van der Waals surface area contributed by atoms with Gasteiger partial charge in [-0.1, -0.05) is 42.0 Å². The summed E-state index contributed by atoms with van der Waals surface area (Å²) in [6.45, 7) is 3.86. The maximum Gasteiger partial charge on any atom is 0.204 e. The third-order valence-corrected chi connectivity index (χ3v) is 3.92. The number of phenols is 2. The molecule has 24 heavy (non-hydrogen) atoms. The van der Waals surface area contributed by atoms with Gasteiger partial charge in [-0.25, -0.2) is 0 Å². The van der Waals surface area contributed by atoms with E-state index in [9.17, 15) is 15.0 Å². The third-order valence-electron chi connectivity index (χ3n) is 3.92. The van der Waals surface area contributed by atoms with Crippen LogP contribution in [0.1, 0.15) is 19.4 Å². The first-order valence-corrected chi connectivity index (χ1v) is 7.67. The van der Waals surface area contributed by atoms with E-state index in [1.165, 1.54) is 12.3 Å². The highest BCUT2D eigenvalue weighted by Crippen LogP contribution is 2.35. The highest BCUT2D eigenvalue weighted by atomic mass is 16.3. The number of allylic oxidation sites excluding steroid dienone is 2. The minimum absolute atomic E-state index is 0.0892. The van der Waals surface area contributed by atoms with E-state index in [0.29, 0.717) is 23.1 Å². The first kappa shape index (κ1) is 15.9. The van der Waals surface area contributed by atoms with E-state index in [1.54, 1.807) is 12.1 Å². The van der Waals surface area contributed by atoms with Crippen LogP contribution < -0.4 is 5.43 Å². The molecule has 3 rings (SSSR count). The summed E-state index contributed by atoms with van der Waals surface area (Å²) in [7, 11) is 0. The molecule has 0 saturated heterocycles. The van der Waals surface area contributed by atoms with Crippen LogP contribution in [-0.2, 0) is 6.42 Å². The van der Waals surface area contributed by atoms with Crippen molar-refractivity contribution < 1.29 is 14.6 Å². The number of rotatable bonds is 3. The highest BCUT2D eigenvalue weighted by molar-refractivity contribution is 5.89. The summed E-state index contributed by atoms with van der Waals surface area (Å²) in [6.07, 6.45) is 3.57. The minimum atomic E-state index is -0.321. The zero-order valence-electron chi connectivity index (χ0n) is 13.5. The Morgan fingerprint density at radius 3 is 2.54 bits per heavy atom. The zero-order chi connectivity index (χ0) is 17.3. The Labute approximate surface area is 139 Å². The second-order valence-corrected chi connectivity index (χ2v) is 5.93. The molecular formula is C20H18O4. The number of aromatic hydroxyl groups is 2. The van der Waals surface area contributed by atoms with Crippen molar-refractivity contribution in [3.63, 3.8) is 0 Å². The van der Waals surface area contributed by atoms with Gasteiger partial charge in [-0.05, 0) is 25.8 Å². The standard InChI is InChI=1S/C20H18O4/c1-12(2)8-9-14-16(21)10-17-18(19(14)22)20(23)15(11-24-17)13-6-4-3-5-7-13/h3-8,10-11,21-22H,9H2,1-2H3. The molecule has 0 fully saturated rings. The van der Waals surface area contributed by atoms with Gasteiger partial charge in [0.1, 0.15) is 28.7 Å². The van der Waals surface area contributed by atoms with Gasteiger partial charge in [0.25, 0.3) is 0 Å². The summed E-state index contributed by atoms with van der Waals surface area (Å²) >= 11 is 0. The Morgan fingerprint density at radius 1 is 1.17 bits per heavy atom. The normalized spacial score (nSPS) is 10.8. The Kier molecular flexibility index (Phi) is 4.13. The number of fused-ring (bicyclic) bond motifs is 1. The Hall–Kier alpha value is -3.01. The van der Waals surface area contributed by atoms with E-state index in [0.717, 1.165) is 5.57 Å². The first-order valence-electron chi connectivity index (χ1n) is 7.67. The van der Waals surface area contributed by atoms with Gasteiger partial charge >= 0.3 is 0 Å². The van der Waals surface area contributed by atoms with Crippen molar-refractivity contribution in [1.29, 1.82) is 0 Å². The fourth-order valence-corrected chi connectivity index (χ4v) is 2.62. The van der Waals surface area contributed by atoms with Crippen LogP contribution >= 0.6 is 0 Å². The summed E-state index contributed by atoms with van der Waals surface area (Å²) in [4.78, 5) is 12.8. The van der Waals surface area contributed by atoms with Gasteiger partial charge < -0.3 is 14.6 Å². The van der Waals surface area contributed by atoms with E-state index >= 15 is 0 Å². The van der Waals surface area contributed by atoms with Crippen molar-refractivity contribution in [2.75, 3.05) is 0 Å².